The van der Waals surface area contributed by atoms with E-state index in [1.165, 1.54) is 19.1 Å². The van der Waals surface area contributed by atoms with Gasteiger partial charge in [-0.05, 0) is 68.0 Å². The molecule has 2 aliphatic rings. The van der Waals surface area contributed by atoms with Crippen molar-refractivity contribution in [3.05, 3.63) is 42.2 Å². The van der Waals surface area contributed by atoms with Crippen molar-refractivity contribution >= 4 is 33.2 Å². The van der Waals surface area contributed by atoms with Crippen LogP contribution in [0.15, 0.2) is 41.3 Å². The number of carbonyl (C=O) groups is 2. The van der Waals surface area contributed by atoms with Gasteiger partial charge in [0.15, 0.2) is 9.84 Å². The van der Waals surface area contributed by atoms with Crippen LogP contribution in [0, 0.1) is 5.82 Å². The third-order valence-electron chi connectivity index (χ3n) is 6.46. The van der Waals surface area contributed by atoms with Crippen LogP contribution in [-0.4, -0.2) is 45.4 Å². The summed E-state index contributed by atoms with van der Waals surface area (Å²) in [7, 11) is -3.76. The van der Waals surface area contributed by atoms with Gasteiger partial charge in [-0.25, -0.2) is 17.6 Å². The molecule has 1 unspecified atom stereocenters. The Kier molecular flexibility index (Phi) is 6.66. The molecule has 1 aliphatic heterocycles. The fourth-order valence-electron chi connectivity index (χ4n) is 4.81. The topological polar surface area (TPSA) is 84.0 Å². The lowest BCUT2D eigenvalue weighted by molar-refractivity contribution is -0.117. The Morgan fingerprint density at radius 2 is 1.65 bits per heavy atom. The molecule has 1 saturated carbocycles. The van der Waals surface area contributed by atoms with Gasteiger partial charge in [0.2, 0.25) is 5.91 Å². The molecule has 0 radical (unpaired) electrons. The molecule has 0 bridgehead atoms. The van der Waals surface area contributed by atoms with E-state index < -0.39 is 26.6 Å². The summed E-state index contributed by atoms with van der Waals surface area (Å²) in [5.74, 6) is -0.971. The highest BCUT2D eigenvalue weighted by Crippen LogP contribution is 2.40. The number of sulfone groups is 1. The number of anilines is 2. The van der Waals surface area contributed by atoms with Gasteiger partial charge in [0.1, 0.15) is 16.8 Å². The van der Waals surface area contributed by atoms with E-state index in [-0.39, 0.29) is 24.6 Å². The maximum absolute atomic E-state index is 14.1. The van der Waals surface area contributed by atoms with Crippen LogP contribution < -0.4 is 9.80 Å². The highest BCUT2D eigenvalue weighted by atomic mass is 32.2. The van der Waals surface area contributed by atoms with E-state index in [2.05, 4.69) is 0 Å². The van der Waals surface area contributed by atoms with E-state index in [0.717, 1.165) is 44.4 Å². The zero-order valence-electron chi connectivity index (χ0n) is 19.6. The summed E-state index contributed by atoms with van der Waals surface area (Å²) in [6, 6.07) is 8.82. The minimum absolute atomic E-state index is 0.122. The van der Waals surface area contributed by atoms with Gasteiger partial charge in [-0.3, -0.25) is 9.69 Å². The van der Waals surface area contributed by atoms with Crippen LogP contribution in [0.5, 0.6) is 0 Å². The Labute approximate surface area is 199 Å². The van der Waals surface area contributed by atoms with Crippen LogP contribution >= 0.6 is 0 Å². The van der Waals surface area contributed by atoms with Crippen LogP contribution in [0.3, 0.4) is 0 Å². The third kappa shape index (κ3) is 4.80. The van der Waals surface area contributed by atoms with Crippen molar-refractivity contribution < 1.29 is 27.1 Å². The molecule has 0 spiro atoms. The predicted molar refractivity (Wildman–Crippen MR) is 128 cm³/mol. The highest BCUT2D eigenvalue weighted by molar-refractivity contribution is 7.90. The number of nitrogens with zero attached hydrogens (tertiary/aromatic N) is 2. The summed E-state index contributed by atoms with van der Waals surface area (Å²) < 4.78 is 43.9. The normalized spacial score (nSPS) is 19.0. The molecule has 1 fully saturated rings. The number of hydrogen-bond acceptors (Lipinski definition) is 5. The van der Waals surface area contributed by atoms with Crippen molar-refractivity contribution in [2.75, 3.05) is 22.6 Å². The molecule has 0 saturated heterocycles. The Morgan fingerprint density at radius 1 is 1.00 bits per heavy atom. The van der Waals surface area contributed by atoms with Crippen molar-refractivity contribution in [1.82, 2.24) is 0 Å². The van der Waals surface area contributed by atoms with Crippen LogP contribution in [0.1, 0.15) is 46.0 Å². The fourth-order valence-corrected chi connectivity index (χ4v) is 5.58. The van der Waals surface area contributed by atoms with Crippen LogP contribution in [0.2, 0.25) is 0 Å². The van der Waals surface area contributed by atoms with E-state index in [1.807, 2.05) is 6.92 Å². The molecule has 0 aromatic heterocycles. The first-order chi connectivity index (χ1) is 16.1. The van der Waals surface area contributed by atoms with E-state index in [4.69, 9.17) is 4.74 Å². The molecule has 2 aromatic carbocycles. The monoisotopic (exact) mass is 488 g/mol. The number of rotatable bonds is 3. The lowest BCUT2D eigenvalue weighted by atomic mass is 9.98. The van der Waals surface area contributed by atoms with Crippen LogP contribution in [-0.2, 0) is 19.4 Å². The Hall–Kier alpha value is -2.94. The standard InChI is InChI=1S/C25H29FN2O5S/c1-16-15-27(25(30)33-20-7-5-4-6-8-20)23-13-18(10-12-22(23)28(16)17(2)29)19-9-11-21(26)24(14-19)34(3,31)32/h9-14,16,20H,4-8,15H2,1-3H3. The summed E-state index contributed by atoms with van der Waals surface area (Å²) in [6.45, 7) is 3.61. The minimum Gasteiger partial charge on any atom is -0.446 e. The van der Waals surface area contributed by atoms with Crippen LogP contribution in [0.25, 0.3) is 11.1 Å². The van der Waals surface area contributed by atoms with Crippen molar-refractivity contribution in [2.24, 2.45) is 0 Å². The largest absolute Gasteiger partial charge is 0.446 e. The van der Waals surface area contributed by atoms with Gasteiger partial charge in [0.25, 0.3) is 0 Å². The lowest BCUT2D eigenvalue weighted by Gasteiger charge is -2.41. The smallest absolute Gasteiger partial charge is 0.414 e. The average Bonchev–Trinajstić information content (AvgIpc) is 2.78. The van der Waals surface area contributed by atoms with Gasteiger partial charge in [-0.1, -0.05) is 18.6 Å². The first kappa shape index (κ1) is 24.2. The van der Waals surface area contributed by atoms with Crippen molar-refractivity contribution in [3.63, 3.8) is 0 Å². The molecule has 0 N–H and O–H groups in total. The molecule has 1 atom stereocenters. The number of ether oxygens (including phenoxy) is 1. The molecule has 34 heavy (non-hydrogen) atoms. The highest BCUT2D eigenvalue weighted by Gasteiger charge is 2.35. The number of hydrogen-bond donors (Lipinski definition) is 0. The Bertz CT molecular complexity index is 1220. The number of benzene rings is 2. The zero-order chi connectivity index (χ0) is 24.6. The first-order valence-corrected chi connectivity index (χ1v) is 13.4. The summed E-state index contributed by atoms with van der Waals surface area (Å²) >= 11 is 0. The summed E-state index contributed by atoms with van der Waals surface area (Å²) in [5.41, 5.74) is 2.15. The molecule has 1 heterocycles. The maximum atomic E-state index is 14.1. The SMILES string of the molecule is CC(=O)N1c2ccc(-c3ccc(F)c(S(C)(=O)=O)c3)cc2N(C(=O)OC2CCCCC2)CC1C. The second kappa shape index (κ2) is 9.37. The predicted octanol–water partition coefficient (Wildman–Crippen LogP) is 4.93. The average molecular weight is 489 g/mol. The molecule has 4 rings (SSSR count). The number of fused-ring (bicyclic) bond motifs is 1. The Balaban J connectivity index is 1.76. The Morgan fingerprint density at radius 3 is 2.29 bits per heavy atom. The molecule has 2 amide bonds. The second-order valence-electron chi connectivity index (χ2n) is 9.11. The number of amides is 2. The quantitative estimate of drug-likeness (QED) is 0.612. The van der Waals surface area contributed by atoms with E-state index in [1.54, 1.807) is 28.0 Å². The van der Waals surface area contributed by atoms with Gasteiger partial charge >= 0.3 is 6.09 Å². The van der Waals surface area contributed by atoms with E-state index >= 15 is 0 Å². The molecule has 9 heteroatoms. The second-order valence-corrected chi connectivity index (χ2v) is 11.1. The first-order valence-electron chi connectivity index (χ1n) is 11.5. The van der Waals surface area contributed by atoms with Gasteiger partial charge in [-0.2, -0.15) is 0 Å². The fraction of sp³-hybridized carbons (Fsp3) is 0.440. The molecule has 1 aliphatic carbocycles. The van der Waals surface area contributed by atoms with E-state index in [9.17, 15) is 22.4 Å². The van der Waals surface area contributed by atoms with Crippen LogP contribution in [0.4, 0.5) is 20.6 Å². The third-order valence-corrected chi connectivity index (χ3v) is 7.57. The summed E-state index contributed by atoms with van der Waals surface area (Å²) in [5, 5.41) is 0. The van der Waals surface area contributed by atoms with Crippen molar-refractivity contribution in [1.29, 1.82) is 0 Å². The summed E-state index contributed by atoms with van der Waals surface area (Å²) in [4.78, 5) is 28.4. The zero-order valence-corrected chi connectivity index (χ0v) is 20.4. The van der Waals surface area contributed by atoms with E-state index in [0.29, 0.717) is 22.5 Å². The van der Waals surface area contributed by atoms with Crippen molar-refractivity contribution in [2.45, 2.75) is 63.0 Å². The number of halogens is 1. The van der Waals surface area contributed by atoms with Crippen molar-refractivity contribution in [3.8, 4) is 11.1 Å². The van der Waals surface area contributed by atoms with Gasteiger partial charge in [-0.15, -0.1) is 0 Å². The molecular formula is C25H29FN2O5S. The molecular weight excluding hydrogens is 459 g/mol. The maximum Gasteiger partial charge on any atom is 0.414 e. The van der Waals surface area contributed by atoms with Gasteiger partial charge in [0, 0.05) is 19.7 Å². The van der Waals surface area contributed by atoms with Gasteiger partial charge in [0.05, 0.1) is 17.4 Å². The number of carbonyl (C=O) groups excluding carboxylic acids is 2. The minimum atomic E-state index is -3.76. The molecule has 7 nitrogen and oxygen atoms in total. The van der Waals surface area contributed by atoms with Gasteiger partial charge < -0.3 is 9.64 Å². The summed E-state index contributed by atoms with van der Waals surface area (Å²) in [6.07, 6.45) is 5.25. The molecule has 2 aromatic rings. The molecule has 182 valence electrons. The lowest BCUT2D eigenvalue weighted by Crippen LogP contribution is -2.52.